The van der Waals surface area contributed by atoms with Gasteiger partial charge in [-0.05, 0) is 25.0 Å². The summed E-state index contributed by atoms with van der Waals surface area (Å²) in [5.41, 5.74) is 4.80. The van der Waals surface area contributed by atoms with E-state index in [-0.39, 0.29) is 0 Å². The Hall–Kier alpha value is -1.18. The van der Waals surface area contributed by atoms with Gasteiger partial charge in [-0.1, -0.05) is 6.92 Å². The topological polar surface area (TPSA) is 25.2 Å². The minimum Gasteiger partial charge on any atom is -0.283 e. The van der Waals surface area contributed by atoms with Gasteiger partial charge in [0.25, 0.3) is 0 Å². The van der Waals surface area contributed by atoms with Crippen LogP contribution >= 0.6 is 0 Å². The molecular formula is C10H12N2. The minimum absolute atomic E-state index is 0.769. The van der Waals surface area contributed by atoms with Crippen molar-refractivity contribution in [2.75, 3.05) is 0 Å². The van der Waals surface area contributed by atoms with Gasteiger partial charge in [-0.25, -0.2) is 0 Å². The lowest BCUT2D eigenvalue weighted by Crippen LogP contribution is -1.96. The van der Waals surface area contributed by atoms with E-state index in [1.54, 1.807) is 0 Å². The first kappa shape index (κ1) is 7.47. The number of fused-ring (bicyclic) bond motifs is 1. The van der Waals surface area contributed by atoms with Gasteiger partial charge in [0.1, 0.15) is 0 Å². The highest BCUT2D eigenvalue weighted by Crippen LogP contribution is 2.17. The van der Waals surface area contributed by atoms with Gasteiger partial charge in [0.05, 0.1) is 12.2 Å². The van der Waals surface area contributed by atoms with Gasteiger partial charge in [-0.2, -0.15) is 0 Å². The first-order valence-corrected chi connectivity index (χ1v) is 4.30. The average molecular weight is 160 g/mol. The molecule has 1 aliphatic heterocycles. The molecule has 0 N–H and O–H groups in total. The standard InChI is InChI=1S/C10H12N2/c1-3-8-4-9-7(2)11-6-10(9)12-5-8/h4-5H,3,6H2,1-2H3. The lowest BCUT2D eigenvalue weighted by Gasteiger charge is -2.00. The van der Waals surface area contributed by atoms with Crippen molar-refractivity contribution in [1.29, 1.82) is 0 Å². The SMILES string of the molecule is CCc1cnc2c(c1)C(C)=NC2. The normalized spacial score (nSPS) is 14.3. The van der Waals surface area contributed by atoms with Crippen LogP contribution in [0, 0.1) is 0 Å². The quantitative estimate of drug-likeness (QED) is 0.616. The molecule has 2 heterocycles. The van der Waals surface area contributed by atoms with Crippen molar-refractivity contribution >= 4 is 5.71 Å². The second-order valence-electron chi connectivity index (χ2n) is 3.09. The Kier molecular flexibility index (Phi) is 1.68. The van der Waals surface area contributed by atoms with E-state index >= 15 is 0 Å². The Morgan fingerprint density at radius 3 is 3.08 bits per heavy atom. The van der Waals surface area contributed by atoms with Gasteiger partial charge >= 0.3 is 0 Å². The van der Waals surface area contributed by atoms with E-state index in [0.717, 1.165) is 24.4 Å². The fourth-order valence-corrected chi connectivity index (χ4v) is 1.45. The van der Waals surface area contributed by atoms with Crippen molar-refractivity contribution in [3.05, 3.63) is 29.1 Å². The van der Waals surface area contributed by atoms with Gasteiger partial charge in [0.2, 0.25) is 0 Å². The van der Waals surface area contributed by atoms with Crippen molar-refractivity contribution in [3.8, 4) is 0 Å². The molecule has 0 saturated carbocycles. The molecule has 1 aromatic heterocycles. The van der Waals surface area contributed by atoms with Crippen LogP contribution < -0.4 is 0 Å². The zero-order valence-corrected chi connectivity index (χ0v) is 7.46. The van der Waals surface area contributed by atoms with Crippen molar-refractivity contribution < 1.29 is 0 Å². The summed E-state index contributed by atoms with van der Waals surface area (Å²) in [6.07, 6.45) is 3.00. The van der Waals surface area contributed by atoms with Crippen LogP contribution in [-0.4, -0.2) is 10.7 Å². The predicted octanol–water partition coefficient (Wildman–Crippen LogP) is 1.97. The van der Waals surface area contributed by atoms with Crippen molar-refractivity contribution in [2.45, 2.75) is 26.8 Å². The first-order valence-electron chi connectivity index (χ1n) is 4.30. The summed E-state index contributed by atoms with van der Waals surface area (Å²) < 4.78 is 0. The molecule has 0 aliphatic carbocycles. The molecule has 0 radical (unpaired) electrons. The van der Waals surface area contributed by atoms with Crippen molar-refractivity contribution in [3.63, 3.8) is 0 Å². The summed E-state index contributed by atoms with van der Waals surface area (Å²) in [4.78, 5) is 8.70. The maximum absolute atomic E-state index is 4.37. The zero-order chi connectivity index (χ0) is 8.55. The molecule has 0 atom stereocenters. The van der Waals surface area contributed by atoms with Gasteiger partial charge in [-0.15, -0.1) is 0 Å². The molecule has 2 rings (SSSR count). The van der Waals surface area contributed by atoms with Crippen LogP contribution in [0.25, 0.3) is 0 Å². The van der Waals surface area contributed by atoms with E-state index in [1.165, 1.54) is 11.1 Å². The number of hydrogen-bond donors (Lipinski definition) is 0. The Balaban J connectivity index is 2.50. The highest BCUT2D eigenvalue weighted by molar-refractivity contribution is 6.01. The summed E-state index contributed by atoms with van der Waals surface area (Å²) in [6, 6.07) is 2.20. The number of aliphatic imine (C=N–C) groups is 1. The lowest BCUT2D eigenvalue weighted by molar-refractivity contribution is 0.999. The zero-order valence-electron chi connectivity index (χ0n) is 7.46. The summed E-state index contributed by atoms with van der Waals surface area (Å²) in [5, 5.41) is 0. The van der Waals surface area contributed by atoms with E-state index in [1.807, 2.05) is 13.1 Å². The number of hydrogen-bond acceptors (Lipinski definition) is 2. The third kappa shape index (κ3) is 1.04. The molecule has 62 valence electrons. The maximum atomic E-state index is 4.37. The molecule has 0 amide bonds. The largest absolute Gasteiger partial charge is 0.283 e. The Bertz CT molecular complexity index is 340. The monoisotopic (exact) mass is 160 g/mol. The van der Waals surface area contributed by atoms with Gasteiger partial charge in [0.15, 0.2) is 0 Å². The fraction of sp³-hybridized carbons (Fsp3) is 0.400. The fourth-order valence-electron chi connectivity index (χ4n) is 1.45. The van der Waals surface area contributed by atoms with Gasteiger partial charge in [-0.3, -0.25) is 9.98 Å². The van der Waals surface area contributed by atoms with E-state index in [9.17, 15) is 0 Å². The van der Waals surface area contributed by atoms with E-state index in [4.69, 9.17) is 0 Å². The third-order valence-electron chi connectivity index (χ3n) is 2.29. The smallest absolute Gasteiger partial charge is 0.0821 e. The molecule has 0 unspecified atom stereocenters. The summed E-state index contributed by atoms with van der Waals surface area (Å²) in [5.74, 6) is 0. The van der Waals surface area contributed by atoms with Crippen molar-refractivity contribution in [1.82, 2.24) is 4.98 Å². The Morgan fingerprint density at radius 1 is 1.50 bits per heavy atom. The molecule has 0 bridgehead atoms. The van der Waals surface area contributed by atoms with Crippen LogP contribution in [0.3, 0.4) is 0 Å². The maximum Gasteiger partial charge on any atom is 0.0821 e. The van der Waals surface area contributed by atoms with Crippen LogP contribution in [0.4, 0.5) is 0 Å². The molecule has 1 aliphatic rings. The molecule has 0 spiro atoms. The van der Waals surface area contributed by atoms with Crippen LogP contribution in [0.5, 0.6) is 0 Å². The van der Waals surface area contributed by atoms with Crippen LogP contribution in [-0.2, 0) is 13.0 Å². The summed E-state index contributed by atoms with van der Waals surface area (Å²) in [7, 11) is 0. The van der Waals surface area contributed by atoms with Crippen LogP contribution in [0.2, 0.25) is 0 Å². The summed E-state index contributed by atoms with van der Waals surface area (Å²) in [6.45, 7) is 4.96. The number of aromatic nitrogens is 1. The predicted molar refractivity (Wildman–Crippen MR) is 49.5 cm³/mol. The second-order valence-corrected chi connectivity index (χ2v) is 3.09. The molecule has 2 heteroatoms. The van der Waals surface area contributed by atoms with Gasteiger partial charge < -0.3 is 0 Å². The Labute approximate surface area is 72.4 Å². The van der Waals surface area contributed by atoms with Crippen molar-refractivity contribution in [2.24, 2.45) is 4.99 Å². The molecule has 2 nitrogen and oxygen atoms in total. The van der Waals surface area contributed by atoms with E-state index in [0.29, 0.717) is 0 Å². The minimum atomic E-state index is 0.769. The molecule has 12 heavy (non-hydrogen) atoms. The molecule has 0 fully saturated rings. The molecular weight excluding hydrogens is 148 g/mol. The number of rotatable bonds is 1. The molecule has 1 aromatic rings. The number of nitrogens with zero attached hydrogens (tertiary/aromatic N) is 2. The molecule has 0 aromatic carbocycles. The summed E-state index contributed by atoms with van der Waals surface area (Å²) >= 11 is 0. The first-order chi connectivity index (χ1) is 5.81. The van der Waals surface area contributed by atoms with Crippen LogP contribution in [0.15, 0.2) is 17.3 Å². The lowest BCUT2D eigenvalue weighted by atomic mass is 10.1. The highest BCUT2D eigenvalue weighted by atomic mass is 14.8. The number of aryl methyl sites for hydroxylation is 1. The Morgan fingerprint density at radius 2 is 2.33 bits per heavy atom. The highest BCUT2D eigenvalue weighted by Gasteiger charge is 2.12. The van der Waals surface area contributed by atoms with E-state index < -0.39 is 0 Å². The van der Waals surface area contributed by atoms with Gasteiger partial charge in [0, 0.05) is 17.5 Å². The average Bonchev–Trinajstić information content (AvgIpc) is 2.47. The number of pyridine rings is 1. The molecule has 0 saturated heterocycles. The second kappa shape index (κ2) is 2.70. The van der Waals surface area contributed by atoms with E-state index in [2.05, 4.69) is 23.0 Å². The third-order valence-corrected chi connectivity index (χ3v) is 2.29. The van der Waals surface area contributed by atoms with Crippen LogP contribution in [0.1, 0.15) is 30.7 Å².